The molecule has 0 aromatic heterocycles. The molecule has 2 atom stereocenters. The normalized spacial score (nSPS) is 13.0. The Morgan fingerprint density at radius 2 is 1.65 bits per heavy atom. The van der Waals surface area contributed by atoms with Gasteiger partial charge < -0.3 is 24.8 Å². The lowest BCUT2D eigenvalue weighted by Gasteiger charge is -2.24. The summed E-state index contributed by atoms with van der Waals surface area (Å²) in [6.07, 6.45) is -0.517. The van der Waals surface area contributed by atoms with Gasteiger partial charge in [-0.05, 0) is 51.5 Å². The molecule has 0 fully saturated rings. The molecule has 0 unspecified atom stereocenters. The summed E-state index contributed by atoms with van der Waals surface area (Å²) in [5.41, 5.74) is 0.979. The lowest BCUT2D eigenvalue weighted by Crippen LogP contribution is -2.37. The molecule has 0 saturated carbocycles. The molecule has 0 aliphatic rings. The first kappa shape index (κ1) is 24.1. The quantitative estimate of drug-likeness (QED) is 0.645. The number of methoxy groups -OCH3 is 2. The van der Waals surface area contributed by atoms with Gasteiger partial charge in [0.1, 0.15) is 17.1 Å². The highest BCUT2D eigenvalue weighted by molar-refractivity contribution is 5.78. The van der Waals surface area contributed by atoms with Crippen LogP contribution in [0.15, 0.2) is 48.5 Å². The minimum Gasteiger partial charge on any atom is -0.497 e. The van der Waals surface area contributed by atoms with E-state index in [9.17, 15) is 9.59 Å². The van der Waals surface area contributed by atoms with Gasteiger partial charge in [-0.2, -0.15) is 0 Å². The molecule has 2 amide bonds. The number of amides is 2. The number of nitrogens with one attached hydrogen (secondary N) is 2. The Morgan fingerprint density at radius 3 is 2.23 bits per heavy atom. The van der Waals surface area contributed by atoms with Crippen molar-refractivity contribution in [1.82, 2.24) is 10.6 Å². The molecule has 2 rings (SSSR count). The summed E-state index contributed by atoms with van der Waals surface area (Å²) in [7, 11) is 3.16. The lowest BCUT2D eigenvalue weighted by molar-refractivity contribution is -0.122. The average Bonchev–Trinajstić information content (AvgIpc) is 2.71. The predicted octanol–water partition coefficient (Wildman–Crippen LogP) is 4.54. The zero-order chi connectivity index (χ0) is 23.0. The van der Waals surface area contributed by atoms with Crippen molar-refractivity contribution in [3.05, 3.63) is 59.7 Å². The Kier molecular flexibility index (Phi) is 8.30. The van der Waals surface area contributed by atoms with Crippen LogP contribution in [0.1, 0.15) is 57.3 Å². The summed E-state index contributed by atoms with van der Waals surface area (Å²) in [6.45, 7) is 7.24. The van der Waals surface area contributed by atoms with E-state index < -0.39 is 17.7 Å². The molecule has 0 heterocycles. The topological polar surface area (TPSA) is 85.9 Å². The predicted molar refractivity (Wildman–Crippen MR) is 119 cm³/mol. The maximum atomic E-state index is 12.9. The molecule has 0 radical (unpaired) electrons. The van der Waals surface area contributed by atoms with Gasteiger partial charge in [-0.25, -0.2) is 4.79 Å². The van der Waals surface area contributed by atoms with Crippen molar-refractivity contribution in [2.75, 3.05) is 14.2 Å². The van der Waals surface area contributed by atoms with Crippen LogP contribution in [0.5, 0.6) is 11.5 Å². The van der Waals surface area contributed by atoms with Crippen molar-refractivity contribution in [2.45, 2.75) is 51.8 Å². The molecule has 0 bridgehead atoms. The smallest absolute Gasteiger partial charge is 0.408 e. The Labute approximate surface area is 184 Å². The van der Waals surface area contributed by atoms with Gasteiger partial charge in [-0.3, -0.25) is 4.79 Å². The standard InChI is InChI=1S/C24H32N2O5/c1-16(19-14-18(29-5)12-13-21(19)30-6)25-22(27)15-20(17-10-8-7-9-11-17)26-23(28)31-24(2,3)4/h7-14,16,20H,15H2,1-6H3,(H,25,27)(H,26,28)/t16-,20-/m1/s1. The third-order valence-electron chi connectivity index (χ3n) is 4.56. The molecule has 0 saturated heterocycles. The molecule has 31 heavy (non-hydrogen) atoms. The van der Waals surface area contributed by atoms with Crippen molar-refractivity contribution in [2.24, 2.45) is 0 Å². The molecule has 7 heteroatoms. The number of rotatable bonds is 8. The van der Waals surface area contributed by atoms with Gasteiger partial charge in [-0.15, -0.1) is 0 Å². The average molecular weight is 429 g/mol. The fourth-order valence-corrected chi connectivity index (χ4v) is 3.13. The van der Waals surface area contributed by atoms with Crippen molar-refractivity contribution in [3.63, 3.8) is 0 Å². The van der Waals surface area contributed by atoms with E-state index in [1.54, 1.807) is 47.1 Å². The molecular weight excluding hydrogens is 396 g/mol. The van der Waals surface area contributed by atoms with Crippen LogP contribution in [-0.4, -0.2) is 31.8 Å². The monoisotopic (exact) mass is 428 g/mol. The molecule has 2 N–H and O–H groups in total. The molecular formula is C24H32N2O5. The molecule has 0 spiro atoms. The Balaban J connectivity index is 2.14. The minimum atomic E-state index is -0.634. The number of alkyl carbamates (subject to hydrolysis) is 1. The van der Waals surface area contributed by atoms with Crippen molar-refractivity contribution in [1.29, 1.82) is 0 Å². The number of hydrogen-bond donors (Lipinski definition) is 2. The first-order valence-corrected chi connectivity index (χ1v) is 10.2. The summed E-state index contributed by atoms with van der Waals surface area (Å²) in [4.78, 5) is 25.2. The summed E-state index contributed by atoms with van der Waals surface area (Å²) >= 11 is 0. The van der Waals surface area contributed by atoms with Gasteiger partial charge in [0.25, 0.3) is 0 Å². The highest BCUT2D eigenvalue weighted by Gasteiger charge is 2.24. The van der Waals surface area contributed by atoms with Gasteiger partial charge in [0, 0.05) is 5.56 Å². The second-order valence-electron chi connectivity index (χ2n) is 8.21. The van der Waals surface area contributed by atoms with Crippen molar-refractivity contribution < 1.29 is 23.8 Å². The summed E-state index contributed by atoms with van der Waals surface area (Å²) < 4.78 is 16.1. The molecule has 0 aliphatic heterocycles. The van der Waals surface area contributed by atoms with Crippen LogP contribution in [0, 0.1) is 0 Å². The summed E-state index contributed by atoms with van der Waals surface area (Å²) in [5, 5.41) is 5.79. The number of carbonyl (C=O) groups excluding carboxylic acids is 2. The lowest BCUT2D eigenvalue weighted by atomic mass is 10.0. The second kappa shape index (κ2) is 10.7. The van der Waals surface area contributed by atoms with Gasteiger partial charge in [-0.1, -0.05) is 30.3 Å². The van der Waals surface area contributed by atoms with Crippen LogP contribution >= 0.6 is 0 Å². The Morgan fingerprint density at radius 1 is 0.968 bits per heavy atom. The summed E-state index contributed by atoms with van der Waals surface area (Å²) in [5.74, 6) is 1.10. The minimum absolute atomic E-state index is 0.0554. The number of benzene rings is 2. The van der Waals surface area contributed by atoms with Gasteiger partial charge in [0.15, 0.2) is 0 Å². The molecule has 2 aromatic rings. The third kappa shape index (κ3) is 7.51. The second-order valence-corrected chi connectivity index (χ2v) is 8.21. The van der Waals surface area contributed by atoms with Gasteiger partial charge >= 0.3 is 6.09 Å². The van der Waals surface area contributed by atoms with Gasteiger partial charge in [0.05, 0.1) is 32.7 Å². The first-order chi connectivity index (χ1) is 14.6. The fraction of sp³-hybridized carbons (Fsp3) is 0.417. The molecule has 7 nitrogen and oxygen atoms in total. The van der Waals surface area contributed by atoms with E-state index in [0.29, 0.717) is 11.5 Å². The first-order valence-electron chi connectivity index (χ1n) is 10.2. The third-order valence-corrected chi connectivity index (χ3v) is 4.56. The van der Waals surface area contributed by atoms with Crippen molar-refractivity contribution in [3.8, 4) is 11.5 Å². The largest absolute Gasteiger partial charge is 0.497 e. The van der Waals surface area contributed by atoms with Crippen LogP contribution in [0.25, 0.3) is 0 Å². The SMILES string of the molecule is COc1ccc(OC)c([C@@H](C)NC(=O)C[C@@H](NC(=O)OC(C)(C)C)c2ccccc2)c1. The molecule has 168 valence electrons. The summed E-state index contributed by atoms with van der Waals surface area (Å²) in [6, 6.07) is 13.9. The number of hydrogen-bond acceptors (Lipinski definition) is 5. The van der Waals surface area contributed by atoms with E-state index in [-0.39, 0.29) is 18.4 Å². The highest BCUT2D eigenvalue weighted by atomic mass is 16.6. The number of ether oxygens (including phenoxy) is 3. The highest BCUT2D eigenvalue weighted by Crippen LogP contribution is 2.29. The van der Waals surface area contributed by atoms with E-state index in [1.165, 1.54) is 0 Å². The maximum Gasteiger partial charge on any atom is 0.408 e. The number of carbonyl (C=O) groups is 2. The molecule has 0 aliphatic carbocycles. The maximum absolute atomic E-state index is 12.9. The van der Waals surface area contributed by atoms with Crippen LogP contribution < -0.4 is 20.1 Å². The van der Waals surface area contributed by atoms with E-state index in [2.05, 4.69) is 10.6 Å². The Bertz CT molecular complexity index is 877. The molecule has 2 aromatic carbocycles. The van der Waals surface area contributed by atoms with Crippen molar-refractivity contribution >= 4 is 12.0 Å². The van der Waals surface area contributed by atoms with Gasteiger partial charge in [0.2, 0.25) is 5.91 Å². The van der Waals surface area contributed by atoms with Crippen LogP contribution in [0.3, 0.4) is 0 Å². The van der Waals surface area contributed by atoms with E-state index >= 15 is 0 Å². The fourth-order valence-electron chi connectivity index (χ4n) is 3.13. The van der Waals surface area contributed by atoms with E-state index in [0.717, 1.165) is 11.1 Å². The van der Waals surface area contributed by atoms with Crippen LogP contribution in [-0.2, 0) is 9.53 Å². The van der Waals surface area contributed by atoms with E-state index in [4.69, 9.17) is 14.2 Å². The Hall–Kier alpha value is -3.22. The van der Waals surface area contributed by atoms with E-state index in [1.807, 2.05) is 43.3 Å². The zero-order valence-corrected chi connectivity index (χ0v) is 19.0. The van der Waals surface area contributed by atoms with Crippen LogP contribution in [0.4, 0.5) is 4.79 Å². The zero-order valence-electron chi connectivity index (χ0n) is 19.0. The van der Waals surface area contributed by atoms with Crippen LogP contribution in [0.2, 0.25) is 0 Å².